The van der Waals surface area contributed by atoms with E-state index in [1.165, 1.54) is 0 Å². The second-order valence-electron chi connectivity index (χ2n) is 9.15. The molecule has 0 bridgehead atoms. The van der Waals surface area contributed by atoms with Crippen LogP contribution < -0.4 is 20.1 Å². The van der Waals surface area contributed by atoms with E-state index in [2.05, 4.69) is 10.6 Å². The highest BCUT2D eigenvalue weighted by Gasteiger charge is 2.34. The largest absolute Gasteiger partial charge is 0.454 e. The molecule has 3 amide bonds. The predicted molar refractivity (Wildman–Crippen MR) is 127 cm³/mol. The minimum absolute atomic E-state index is 0.00995. The van der Waals surface area contributed by atoms with Crippen LogP contribution in [0.3, 0.4) is 0 Å². The lowest BCUT2D eigenvalue weighted by Crippen LogP contribution is -2.54. The molecule has 4 rings (SSSR count). The molecule has 2 aromatic carbocycles. The van der Waals surface area contributed by atoms with Crippen LogP contribution in [-0.4, -0.2) is 55.1 Å². The Morgan fingerprint density at radius 1 is 0.971 bits per heavy atom. The lowest BCUT2D eigenvalue weighted by Gasteiger charge is -2.36. The van der Waals surface area contributed by atoms with Crippen LogP contribution in [0.25, 0.3) is 0 Å². The van der Waals surface area contributed by atoms with Crippen LogP contribution in [0.5, 0.6) is 11.5 Å². The van der Waals surface area contributed by atoms with Gasteiger partial charge in [-0.1, -0.05) is 32.0 Å². The third-order valence-electron chi connectivity index (χ3n) is 6.21. The van der Waals surface area contributed by atoms with Gasteiger partial charge in [-0.25, -0.2) is 0 Å². The van der Waals surface area contributed by atoms with Gasteiger partial charge >= 0.3 is 0 Å². The summed E-state index contributed by atoms with van der Waals surface area (Å²) in [7, 11) is 0. The zero-order chi connectivity index (χ0) is 24.1. The lowest BCUT2D eigenvalue weighted by atomic mass is 9.88. The van der Waals surface area contributed by atoms with Gasteiger partial charge in [0.05, 0.1) is 0 Å². The van der Waals surface area contributed by atoms with E-state index in [0.717, 1.165) is 0 Å². The molecule has 180 valence electrons. The number of fused-ring (bicyclic) bond motifs is 1. The number of ether oxygens (including phenoxy) is 2. The second kappa shape index (κ2) is 10.6. The number of amides is 3. The molecule has 2 N–H and O–H groups in total. The van der Waals surface area contributed by atoms with Crippen molar-refractivity contribution in [2.75, 3.05) is 26.4 Å². The van der Waals surface area contributed by atoms with Crippen molar-refractivity contribution in [3.8, 4) is 11.5 Å². The standard InChI is InChI=1S/C26H31N3O5/c1-17(2)15-27-25(31)23(28-24(30)20-8-9-21-22(14-20)34-16-33-21)18-10-12-29(13-11-18)26(32)19-6-4-3-5-7-19/h3-9,14,17-18,23H,10-13,15-16H2,1-2H3,(H,27,31)(H,28,30). The maximum Gasteiger partial charge on any atom is 0.253 e. The predicted octanol–water partition coefficient (Wildman–Crippen LogP) is 2.84. The number of nitrogens with zero attached hydrogens (tertiary/aromatic N) is 1. The van der Waals surface area contributed by atoms with Gasteiger partial charge in [0.15, 0.2) is 11.5 Å². The molecule has 0 radical (unpaired) electrons. The van der Waals surface area contributed by atoms with Crippen LogP contribution in [0.4, 0.5) is 0 Å². The first-order valence-corrected chi connectivity index (χ1v) is 11.7. The second-order valence-corrected chi connectivity index (χ2v) is 9.15. The molecule has 0 aromatic heterocycles. The van der Waals surface area contributed by atoms with Gasteiger partial charge in [0, 0.05) is 30.8 Å². The Bertz CT molecular complexity index is 1030. The molecule has 2 heterocycles. The monoisotopic (exact) mass is 465 g/mol. The quantitative estimate of drug-likeness (QED) is 0.656. The minimum atomic E-state index is -0.689. The molecule has 0 saturated carbocycles. The van der Waals surface area contributed by atoms with Gasteiger partial charge in [-0.15, -0.1) is 0 Å². The highest BCUT2D eigenvalue weighted by Crippen LogP contribution is 2.32. The average Bonchev–Trinajstić information content (AvgIpc) is 3.34. The molecule has 2 aliphatic rings. The molecule has 34 heavy (non-hydrogen) atoms. The number of piperidine rings is 1. The topological polar surface area (TPSA) is 97.0 Å². The molecular formula is C26H31N3O5. The minimum Gasteiger partial charge on any atom is -0.454 e. The molecule has 8 heteroatoms. The first-order valence-electron chi connectivity index (χ1n) is 11.7. The van der Waals surface area contributed by atoms with Crippen molar-refractivity contribution in [3.63, 3.8) is 0 Å². The van der Waals surface area contributed by atoms with Crippen molar-refractivity contribution < 1.29 is 23.9 Å². The summed E-state index contributed by atoms with van der Waals surface area (Å²) >= 11 is 0. The number of rotatable bonds is 7. The summed E-state index contributed by atoms with van der Waals surface area (Å²) in [5.74, 6) is 0.773. The first kappa shape index (κ1) is 23.6. The Labute approximate surface area is 199 Å². The SMILES string of the molecule is CC(C)CNC(=O)C(NC(=O)c1ccc2c(c1)OCO2)C1CCN(C(=O)c2ccccc2)CC1. The summed E-state index contributed by atoms with van der Waals surface area (Å²) in [6, 6.07) is 13.5. The van der Waals surface area contributed by atoms with Crippen molar-refractivity contribution in [1.29, 1.82) is 0 Å². The summed E-state index contributed by atoms with van der Waals surface area (Å²) < 4.78 is 10.7. The van der Waals surface area contributed by atoms with Gasteiger partial charge in [-0.3, -0.25) is 14.4 Å². The van der Waals surface area contributed by atoms with Gasteiger partial charge in [-0.05, 0) is 55.0 Å². The fourth-order valence-corrected chi connectivity index (χ4v) is 4.27. The van der Waals surface area contributed by atoms with Crippen molar-refractivity contribution >= 4 is 17.7 Å². The molecule has 8 nitrogen and oxygen atoms in total. The van der Waals surface area contributed by atoms with Crippen molar-refractivity contribution in [1.82, 2.24) is 15.5 Å². The van der Waals surface area contributed by atoms with Crippen LogP contribution in [0.15, 0.2) is 48.5 Å². The maximum atomic E-state index is 13.1. The summed E-state index contributed by atoms with van der Waals surface area (Å²) in [5, 5.41) is 5.90. The van der Waals surface area contributed by atoms with Crippen molar-refractivity contribution in [2.24, 2.45) is 11.8 Å². The van der Waals surface area contributed by atoms with Crippen LogP contribution in [-0.2, 0) is 4.79 Å². The summed E-state index contributed by atoms with van der Waals surface area (Å²) in [6.07, 6.45) is 1.25. The highest BCUT2D eigenvalue weighted by atomic mass is 16.7. The number of carbonyl (C=O) groups excluding carboxylic acids is 3. The third kappa shape index (κ3) is 5.50. The van der Waals surface area contributed by atoms with E-state index in [4.69, 9.17) is 9.47 Å². The van der Waals surface area contributed by atoms with Crippen LogP contribution in [0.1, 0.15) is 47.4 Å². The molecule has 1 fully saturated rings. The molecular weight excluding hydrogens is 434 g/mol. The number of hydrogen-bond acceptors (Lipinski definition) is 5. The Morgan fingerprint density at radius 3 is 2.38 bits per heavy atom. The van der Waals surface area contributed by atoms with Gasteiger partial charge in [-0.2, -0.15) is 0 Å². The first-order chi connectivity index (χ1) is 16.4. The molecule has 1 atom stereocenters. The van der Waals surface area contributed by atoms with E-state index < -0.39 is 6.04 Å². The summed E-state index contributed by atoms with van der Waals surface area (Å²) in [4.78, 5) is 40.7. The van der Waals surface area contributed by atoms with E-state index in [-0.39, 0.29) is 30.4 Å². The van der Waals surface area contributed by atoms with Gasteiger partial charge in [0.25, 0.3) is 11.8 Å². The van der Waals surface area contributed by atoms with Crippen molar-refractivity contribution in [3.05, 3.63) is 59.7 Å². The average molecular weight is 466 g/mol. The number of carbonyl (C=O) groups is 3. The molecule has 1 unspecified atom stereocenters. The number of nitrogens with one attached hydrogen (secondary N) is 2. The lowest BCUT2D eigenvalue weighted by molar-refractivity contribution is -0.124. The molecule has 0 spiro atoms. The smallest absolute Gasteiger partial charge is 0.253 e. The van der Waals surface area contributed by atoms with Crippen LogP contribution in [0, 0.1) is 11.8 Å². The van der Waals surface area contributed by atoms with Crippen LogP contribution >= 0.6 is 0 Å². The normalized spacial score (nSPS) is 16.3. The molecule has 0 aliphatic carbocycles. The zero-order valence-electron chi connectivity index (χ0n) is 19.6. The van der Waals surface area contributed by atoms with E-state index in [9.17, 15) is 14.4 Å². The summed E-state index contributed by atoms with van der Waals surface area (Å²) in [6.45, 7) is 5.77. The Hall–Kier alpha value is -3.55. The van der Waals surface area contributed by atoms with E-state index in [0.29, 0.717) is 61.0 Å². The number of benzene rings is 2. The molecule has 2 aromatic rings. The summed E-state index contributed by atoms with van der Waals surface area (Å²) in [5.41, 5.74) is 1.06. The highest BCUT2D eigenvalue weighted by molar-refractivity contribution is 5.98. The Morgan fingerprint density at radius 2 is 1.68 bits per heavy atom. The van der Waals surface area contributed by atoms with E-state index >= 15 is 0 Å². The van der Waals surface area contributed by atoms with E-state index in [1.807, 2.05) is 49.1 Å². The van der Waals surface area contributed by atoms with Gasteiger partial charge in [0.2, 0.25) is 12.7 Å². The maximum absolute atomic E-state index is 13.1. The fraction of sp³-hybridized carbons (Fsp3) is 0.423. The van der Waals surface area contributed by atoms with E-state index in [1.54, 1.807) is 18.2 Å². The number of likely N-dealkylation sites (tertiary alicyclic amines) is 1. The van der Waals surface area contributed by atoms with Gasteiger partial charge < -0.3 is 25.0 Å². The van der Waals surface area contributed by atoms with Crippen molar-refractivity contribution in [2.45, 2.75) is 32.7 Å². The fourth-order valence-electron chi connectivity index (χ4n) is 4.27. The van der Waals surface area contributed by atoms with Crippen LogP contribution in [0.2, 0.25) is 0 Å². The third-order valence-corrected chi connectivity index (χ3v) is 6.21. The molecule has 2 aliphatic heterocycles. The Kier molecular flexibility index (Phi) is 7.35. The molecule has 1 saturated heterocycles. The van der Waals surface area contributed by atoms with Gasteiger partial charge in [0.1, 0.15) is 6.04 Å². The number of hydrogen-bond donors (Lipinski definition) is 2. The zero-order valence-corrected chi connectivity index (χ0v) is 19.6. The Balaban J connectivity index is 1.44.